The standard InChI is InChI=1S/C5H11NO2/c1-5(7)3-6(2,8)4-5/h7H,3-4H2,1-2H3. The van der Waals surface area contributed by atoms with Crippen LogP contribution >= 0.6 is 0 Å². The first-order valence-corrected chi connectivity index (χ1v) is 2.69. The SMILES string of the molecule is CC1(O)C[N+](C)([O-])C1. The first kappa shape index (κ1) is 6.01. The van der Waals surface area contributed by atoms with Crippen molar-refractivity contribution in [2.45, 2.75) is 12.5 Å². The van der Waals surface area contributed by atoms with Gasteiger partial charge in [0.15, 0.2) is 5.60 Å². The van der Waals surface area contributed by atoms with Crippen molar-refractivity contribution in [1.29, 1.82) is 0 Å². The molecule has 0 aromatic carbocycles. The molecule has 1 aliphatic heterocycles. The molecule has 1 saturated heterocycles. The Labute approximate surface area is 48.7 Å². The van der Waals surface area contributed by atoms with Gasteiger partial charge >= 0.3 is 0 Å². The largest absolute Gasteiger partial charge is 0.633 e. The van der Waals surface area contributed by atoms with Crippen LogP contribution < -0.4 is 0 Å². The summed E-state index contributed by atoms with van der Waals surface area (Å²) >= 11 is 0. The van der Waals surface area contributed by atoms with E-state index in [4.69, 9.17) is 5.11 Å². The number of aliphatic hydroxyl groups is 1. The second-order valence-electron chi connectivity index (χ2n) is 3.11. The highest BCUT2D eigenvalue weighted by atomic mass is 16.6. The number of rotatable bonds is 0. The molecule has 3 nitrogen and oxygen atoms in total. The quantitative estimate of drug-likeness (QED) is 0.349. The first-order chi connectivity index (χ1) is 3.41. The zero-order valence-electron chi connectivity index (χ0n) is 5.22. The van der Waals surface area contributed by atoms with Crippen LogP contribution in [0.25, 0.3) is 0 Å². The van der Waals surface area contributed by atoms with Gasteiger partial charge < -0.3 is 15.0 Å². The summed E-state index contributed by atoms with van der Waals surface area (Å²) in [6.07, 6.45) is 0. The summed E-state index contributed by atoms with van der Waals surface area (Å²) in [4.78, 5) is 0. The van der Waals surface area contributed by atoms with Gasteiger partial charge in [0.25, 0.3) is 0 Å². The number of likely N-dealkylation sites (N-methyl/N-ethyl adjacent to an activating group) is 1. The zero-order valence-corrected chi connectivity index (χ0v) is 5.22. The highest BCUT2D eigenvalue weighted by Gasteiger charge is 2.43. The third-order valence-electron chi connectivity index (χ3n) is 1.35. The van der Waals surface area contributed by atoms with Gasteiger partial charge in [-0.15, -0.1) is 0 Å². The fourth-order valence-corrected chi connectivity index (χ4v) is 1.39. The van der Waals surface area contributed by atoms with Crippen molar-refractivity contribution in [3.8, 4) is 0 Å². The second kappa shape index (κ2) is 1.23. The number of quaternary nitrogens is 1. The second-order valence-corrected chi connectivity index (χ2v) is 3.11. The molecule has 1 heterocycles. The molecule has 0 aromatic rings. The van der Waals surface area contributed by atoms with Gasteiger partial charge in [-0.2, -0.15) is 0 Å². The monoisotopic (exact) mass is 117 g/mol. The molecule has 0 atom stereocenters. The lowest BCUT2D eigenvalue weighted by atomic mass is 9.97. The molecule has 1 rings (SSSR count). The van der Waals surface area contributed by atoms with Crippen molar-refractivity contribution in [1.82, 2.24) is 0 Å². The molecule has 1 fully saturated rings. The van der Waals surface area contributed by atoms with E-state index in [-0.39, 0.29) is 4.65 Å². The van der Waals surface area contributed by atoms with Crippen LogP contribution in [-0.4, -0.2) is 35.5 Å². The normalized spacial score (nSPS) is 55.5. The van der Waals surface area contributed by atoms with E-state index in [1.165, 1.54) is 0 Å². The zero-order chi connectivity index (χ0) is 6.41. The Hall–Kier alpha value is -0.120. The van der Waals surface area contributed by atoms with Crippen LogP contribution in [0.15, 0.2) is 0 Å². The van der Waals surface area contributed by atoms with E-state index in [0.717, 1.165) is 0 Å². The molecule has 8 heavy (non-hydrogen) atoms. The molecule has 0 radical (unpaired) electrons. The van der Waals surface area contributed by atoms with Crippen LogP contribution in [0.4, 0.5) is 0 Å². The average molecular weight is 117 g/mol. The Morgan fingerprint density at radius 2 is 2.00 bits per heavy atom. The lowest BCUT2D eigenvalue weighted by Gasteiger charge is -2.54. The minimum absolute atomic E-state index is 0.285. The molecule has 1 aliphatic rings. The summed E-state index contributed by atoms with van der Waals surface area (Å²) in [5.74, 6) is 0. The highest BCUT2D eigenvalue weighted by Crippen LogP contribution is 2.24. The average Bonchev–Trinajstić information content (AvgIpc) is 1.20. The summed E-state index contributed by atoms with van der Waals surface area (Å²) in [6.45, 7) is 2.37. The molecule has 0 spiro atoms. The van der Waals surface area contributed by atoms with E-state index in [1.54, 1.807) is 14.0 Å². The van der Waals surface area contributed by atoms with E-state index in [0.29, 0.717) is 13.1 Å². The molecule has 0 amide bonds. The lowest BCUT2D eigenvalue weighted by molar-refractivity contribution is -0.920. The third-order valence-corrected chi connectivity index (χ3v) is 1.35. The van der Waals surface area contributed by atoms with Crippen molar-refractivity contribution in [3.63, 3.8) is 0 Å². The number of hydrogen-bond acceptors (Lipinski definition) is 2. The van der Waals surface area contributed by atoms with Crippen molar-refractivity contribution in [2.24, 2.45) is 0 Å². The van der Waals surface area contributed by atoms with Crippen LogP contribution in [0, 0.1) is 5.21 Å². The summed E-state index contributed by atoms with van der Waals surface area (Å²) in [5.41, 5.74) is -0.684. The number of nitrogens with zero attached hydrogens (tertiary/aromatic N) is 1. The van der Waals surface area contributed by atoms with Gasteiger partial charge in [0, 0.05) is 0 Å². The maximum absolute atomic E-state index is 10.8. The van der Waals surface area contributed by atoms with Gasteiger partial charge in [0.2, 0.25) is 0 Å². The van der Waals surface area contributed by atoms with E-state index in [1.807, 2.05) is 0 Å². The van der Waals surface area contributed by atoms with Gasteiger partial charge in [0.05, 0.1) is 7.05 Å². The molecule has 0 aliphatic carbocycles. The maximum atomic E-state index is 10.8. The topological polar surface area (TPSA) is 43.3 Å². The van der Waals surface area contributed by atoms with Crippen LogP contribution in [0.2, 0.25) is 0 Å². The van der Waals surface area contributed by atoms with Gasteiger partial charge in [-0.1, -0.05) is 0 Å². The molecule has 0 bridgehead atoms. The molecular formula is C5H11NO2. The van der Waals surface area contributed by atoms with E-state index in [2.05, 4.69) is 0 Å². The van der Waals surface area contributed by atoms with E-state index >= 15 is 0 Å². The molecule has 1 N–H and O–H groups in total. The third kappa shape index (κ3) is 0.992. The summed E-state index contributed by atoms with van der Waals surface area (Å²) in [5, 5.41) is 19.8. The number of likely N-dealkylation sites (tertiary alicyclic amines) is 1. The molecule has 0 unspecified atom stereocenters. The minimum atomic E-state index is -0.684. The number of hydrogen-bond donors (Lipinski definition) is 1. The van der Waals surface area contributed by atoms with Gasteiger partial charge in [0.1, 0.15) is 13.1 Å². The maximum Gasteiger partial charge on any atom is 0.160 e. The van der Waals surface area contributed by atoms with Gasteiger partial charge in [-0.05, 0) is 6.92 Å². The van der Waals surface area contributed by atoms with Crippen LogP contribution in [0.3, 0.4) is 0 Å². The van der Waals surface area contributed by atoms with Crippen molar-refractivity contribution in [2.75, 3.05) is 20.1 Å². The van der Waals surface area contributed by atoms with Crippen LogP contribution in [0.5, 0.6) is 0 Å². The van der Waals surface area contributed by atoms with Crippen molar-refractivity contribution in [3.05, 3.63) is 5.21 Å². The van der Waals surface area contributed by atoms with E-state index in [9.17, 15) is 5.21 Å². The Morgan fingerprint density at radius 1 is 1.62 bits per heavy atom. The molecule has 48 valence electrons. The Balaban J connectivity index is 2.42. The van der Waals surface area contributed by atoms with Crippen LogP contribution in [0.1, 0.15) is 6.92 Å². The van der Waals surface area contributed by atoms with Gasteiger partial charge in [-0.3, -0.25) is 0 Å². The lowest BCUT2D eigenvalue weighted by Crippen LogP contribution is -2.67. The van der Waals surface area contributed by atoms with Gasteiger partial charge in [-0.25, -0.2) is 0 Å². The highest BCUT2D eigenvalue weighted by molar-refractivity contribution is 4.80. The van der Waals surface area contributed by atoms with Crippen molar-refractivity contribution < 1.29 is 9.75 Å². The van der Waals surface area contributed by atoms with Crippen LogP contribution in [-0.2, 0) is 0 Å². The predicted octanol–water partition coefficient (Wildman–Crippen LogP) is -0.305. The molecular weight excluding hydrogens is 106 g/mol. The smallest absolute Gasteiger partial charge is 0.160 e. The summed E-state index contributed by atoms with van der Waals surface area (Å²) < 4.78 is -0.285. The van der Waals surface area contributed by atoms with Crippen molar-refractivity contribution >= 4 is 0 Å². The molecule has 0 saturated carbocycles. The Morgan fingerprint density at radius 3 is 2.00 bits per heavy atom. The summed E-state index contributed by atoms with van der Waals surface area (Å²) in [6, 6.07) is 0. The Bertz CT molecular complexity index is 87.0. The Kier molecular flexibility index (Phi) is 0.927. The minimum Gasteiger partial charge on any atom is -0.633 e. The molecule has 3 heteroatoms. The fourth-order valence-electron chi connectivity index (χ4n) is 1.39. The molecule has 0 aromatic heterocycles. The number of hydroxylamine groups is 3. The van der Waals surface area contributed by atoms with E-state index < -0.39 is 5.60 Å². The first-order valence-electron chi connectivity index (χ1n) is 2.69. The summed E-state index contributed by atoms with van der Waals surface area (Å²) in [7, 11) is 1.57. The fraction of sp³-hybridized carbons (Fsp3) is 1.00. The predicted molar refractivity (Wildman–Crippen MR) is 29.9 cm³/mol.